The van der Waals surface area contributed by atoms with Gasteiger partial charge in [-0.1, -0.05) is 29.3 Å². The SMILES string of the molecule is NC(=NCC(O)COc1cccc(Cl)c1Cl)N1CCSCC1. The molecule has 1 unspecified atom stereocenters. The number of aliphatic hydroxyl groups excluding tert-OH is 1. The maximum atomic E-state index is 9.93. The van der Waals surface area contributed by atoms with Gasteiger partial charge in [-0.15, -0.1) is 0 Å². The number of halogens is 2. The van der Waals surface area contributed by atoms with E-state index < -0.39 is 6.10 Å². The largest absolute Gasteiger partial charge is 0.489 e. The van der Waals surface area contributed by atoms with Crippen molar-refractivity contribution in [2.24, 2.45) is 10.7 Å². The fourth-order valence-electron chi connectivity index (χ4n) is 1.93. The second-order valence-corrected chi connectivity index (χ2v) is 6.82. The zero-order valence-corrected chi connectivity index (χ0v) is 14.4. The van der Waals surface area contributed by atoms with Crippen molar-refractivity contribution < 1.29 is 9.84 Å². The minimum atomic E-state index is -0.757. The second kappa shape index (κ2) is 8.72. The Morgan fingerprint density at radius 2 is 2.14 bits per heavy atom. The van der Waals surface area contributed by atoms with Gasteiger partial charge >= 0.3 is 0 Å². The van der Waals surface area contributed by atoms with Crippen LogP contribution in [0.15, 0.2) is 23.2 Å². The van der Waals surface area contributed by atoms with Crippen LogP contribution < -0.4 is 10.5 Å². The first kappa shape index (κ1) is 17.5. The summed E-state index contributed by atoms with van der Waals surface area (Å²) < 4.78 is 5.46. The number of aliphatic imine (C=N–C) groups is 1. The molecule has 22 heavy (non-hydrogen) atoms. The van der Waals surface area contributed by atoms with Crippen LogP contribution in [0.1, 0.15) is 0 Å². The lowest BCUT2D eigenvalue weighted by molar-refractivity contribution is 0.114. The van der Waals surface area contributed by atoms with Gasteiger partial charge in [0, 0.05) is 24.6 Å². The van der Waals surface area contributed by atoms with E-state index in [9.17, 15) is 5.11 Å². The average Bonchev–Trinajstić information content (AvgIpc) is 2.54. The van der Waals surface area contributed by atoms with Gasteiger partial charge in [-0.25, -0.2) is 0 Å². The quantitative estimate of drug-likeness (QED) is 0.619. The molecule has 1 aromatic carbocycles. The molecule has 1 heterocycles. The van der Waals surface area contributed by atoms with Gasteiger partial charge in [0.1, 0.15) is 23.5 Å². The van der Waals surface area contributed by atoms with Crippen LogP contribution in [0.3, 0.4) is 0 Å². The van der Waals surface area contributed by atoms with E-state index in [0.29, 0.717) is 21.8 Å². The molecule has 1 atom stereocenters. The Kier molecular flexibility index (Phi) is 6.95. The highest BCUT2D eigenvalue weighted by molar-refractivity contribution is 7.99. The molecule has 8 heteroatoms. The maximum absolute atomic E-state index is 9.93. The fraction of sp³-hybridized carbons (Fsp3) is 0.500. The Hall–Kier alpha value is -0.820. The van der Waals surface area contributed by atoms with E-state index in [4.69, 9.17) is 33.7 Å². The third-order valence-corrected chi connectivity index (χ3v) is 4.89. The van der Waals surface area contributed by atoms with E-state index in [0.717, 1.165) is 24.6 Å². The number of benzene rings is 1. The average molecular weight is 364 g/mol. The molecule has 0 spiro atoms. The molecule has 1 aliphatic rings. The van der Waals surface area contributed by atoms with Gasteiger partial charge in [-0.2, -0.15) is 11.8 Å². The molecule has 5 nitrogen and oxygen atoms in total. The zero-order chi connectivity index (χ0) is 15.9. The van der Waals surface area contributed by atoms with E-state index in [1.165, 1.54) is 0 Å². The van der Waals surface area contributed by atoms with Gasteiger partial charge in [-0.3, -0.25) is 4.99 Å². The molecule has 122 valence electrons. The van der Waals surface area contributed by atoms with Crippen LogP contribution in [-0.4, -0.2) is 59.8 Å². The molecular weight excluding hydrogens is 345 g/mol. The fourth-order valence-corrected chi connectivity index (χ4v) is 3.18. The summed E-state index contributed by atoms with van der Waals surface area (Å²) in [6, 6.07) is 5.11. The van der Waals surface area contributed by atoms with Crippen LogP contribution >= 0.6 is 35.0 Å². The van der Waals surface area contributed by atoms with Crippen molar-refractivity contribution in [3.8, 4) is 5.75 Å². The molecule has 2 rings (SSSR count). The van der Waals surface area contributed by atoms with Crippen molar-refractivity contribution in [3.05, 3.63) is 28.2 Å². The van der Waals surface area contributed by atoms with Crippen molar-refractivity contribution in [2.75, 3.05) is 37.7 Å². The van der Waals surface area contributed by atoms with Crippen LogP contribution in [0.4, 0.5) is 0 Å². The molecule has 0 aliphatic carbocycles. The number of hydrogen-bond acceptors (Lipinski definition) is 4. The predicted molar refractivity (Wildman–Crippen MR) is 93.4 cm³/mol. The van der Waals surface area contributed by atoms with Crippen LogP contribution in [0.25, 0.3) is 0 Å². The Morgan fingerprint density at radius 3 is 2.86 bits per heavy atom. The van der Waals surface area contributed by atoms with Crippen molar-refractivity contribution in [1.82, 2.24) is 4.90 Å². The summed E-state index contributed by atoms with van der Waals surface area (Å²) in [5.74, 6) is 3.02. The second-order valence-electron chi connectivity index (χ2n) is 4.82. The lowest BCUT2D eigenvalue weighted by Gasteiger charge is -2.27. The van der Waals surface area contributed by atoms with Crippen molar-refractivity contribution in [3.63, 3.8) is 0 Å². The smallest absolute Gasteiger partial charge is 0.191 e. The molecule has 0 aromatic heterocycles. The minimum absolute atomic E-state index is 0.0761. The number of nitrogens with two attached hydrogens (primary N) is 1. The van der Waals surface area contributed by atoms with Gasteiger partial charge in [0.2, 0.25) is 0 Å². The van der Waals surface area contributed by atoms with E-state index >= 15 is 0 Å². The first-order chi connectivity index (χ1) is 10.6. The summed E-state index contributed by atoms with van der Waals surface area (Å²) in [5, 5.41) is 10.7. The molecule has 1 aromatic rings. The summed E-state index contributed by atoms with van der Waals surface area (Å²) >= 11 is 13.8. The van der Waals surface area contributed by atoms with E-state index in [1.807, 2.05) is 16.7 Å². The number of hydrogen-bond donors (Lipinski definition) is 2. The van der Waals surface area contributed by atoms with Crippen LogP contribution in [-0.2, 0) is 0 Å². The Balaban J connectivity index is 1.80. The maximum Gasteiger partial charge on any atom is 0.191 e. The van der Waals surface area contributed by atoms with Gasteiger partial charge in [0.25, 0.3) is 0 Å². The van der Waals surface area contributed by atoms with E-state index in [-0.39, 0.29) is 13.2 Å². The molecule has 0 saturated carbocycles. The topological polar surface area (TPSA) is 71.1 Å². The Labute approximate surface area is 144 Å². The van der Waals surface area contributed by atoms with Crippen LogP contribution in [0.5, 0.6) is 5.75 Å². The van der Waals surface area contributed by atoms with Crippen LogP contribution in [0, 0.1) is 0 Å². The van der Waals surface area contributed by atoms with Gasteiger partial charge in [0.15, 0.2) is 5.96 Å². The lowest BCUT2D eigenvalue weighted by Crippen LogP contribution is -2.43. The van der Waals surface area contributed by atoms with Crippen molar-refractivity contribution in [1.29, 1.82) is 0 Å². The standard InChI is InChI=1S/C14H19Cl2N3O2S/c15-11-2-1-3-12(13(11)16)21-9-10(20)8-18-14(17)19-4-6-22-7-5-19/h1-3,10,20H,4-9H2,(H2,17,18). The number of aliphatic hydroxyl groups is 1. The molecule has 1 saturated heterocycles. The molecule has 1 aliphatic heterocycles. The van der Waals surface area contributed by atoms with Crippen LogP contribution in [0.2, 0.25) is 10.0 Å². The van der Waals surface area contributed by atoms with Gasteiger partial charge in [-0.05, 0) is 12.1 Å². The third kappa shape index (κ3) is 5.12. The molecule has 0 amide bonds. The first-order valence-electron chi connectivity index (χ1n) is 6.95. The molecule has 0 bridgehead atoms. The highest BCUT2D eigenvalue weighted by atomic mass is 35.5. The molecule has 1 fully saturated rings. The summed E-state index contributed by atoms with van der Waals surface area (Å²) in [6.45, 7) is 2.05. The van der Waals surface area contributed by atoms with Gasteiger partial charge < -0.3 is 20.5 Å². The third-order valence-electron chi connectivity index (χ3n) is 3.15. The zero-order valence-electron chi connectivity index (χ0n) is 12.0. The lowest BCUT2D eigenvalue weighted by atomic mass is 10.3. The Morgan fingerprint density at radius 1 is 1.41 bits per heavy atom. The summed E-state index contributed by atoms with van der Waals surface area (Å²) in [6.07, 6.45) is -0.757. The van der Waals surface area contributed by atoms with E-state index in [1.54, 1.807) is 18.2 Å². The van der Waals surface area contributed by atoms with Crippen molar-refractivity contribution >= 4 is 40.9 Å². The predicted octanol–water partition coefficient (Wildman–Crippen LogP) is 2.10. The first-order valence-corrected chi connectivity index (χ1v) is 8.86. The number of nitrogens with zero attached hydrogens (tertiary/aromatic N) is 2. The molecular formula is C14H19Cl2N3O2S. The number of ether oxygens (including phenoxy) is 1. The number of thioether (sulfide) groups is 1. The van der Waals surface area contributed by atoms with E-state index in [2.05, 4.69) is 4.99 Å². The van der Waals surface area contributed by atoms with Gasteiger partial charge in [0.05, 0.1) is 11.6 Å². The molecule has 3 N–H and O–H groups in total. The monoisotopic (exact) mass is 363 g/mol. The Bertz CT molecular complexity index is 525. The highest BCUT2D eigenvalue weighted by Gasteiger charge is 2.13. The number of guanidine groups is 1. The summed E-state index contributed by atoms with van der Waals surface area (Å²) in [7, 11) is 0. The molecule has 0 radical (unpaired) electrons. The number of rotatable bonds is 5. The van der Waals surface area contributed by atoms with Crippen molar-refractivity contribution in [2.45, 2.75) is 6.10 Å². The summed E-state index contributed by atoms with van der Waals surface area (Å²) in [4.78, 5) is 6.25. The normalized spacial score (nSPS) is 17.4. The minimum Gasteiger partial charge on any atom is -0.489 e. The summed E-state index contributed by atoms with van der Waals surface area (Å²) in [5.41, 5.74) is 5.92. The highest BCUT2D eigenvalue weighted by Crippen LogP contribution is 2.31.